The summed E-state index contributed by atoms with van der Waals surface area (Å²) in [5.74, 6) is 0.821. The molecule has 2 aromatic rings. The molecule has 3 rings (SSSR count). The zero-order chi connectivity index (χ0) is 18.1. The standard InChI is InChI=1S/C19H25N3O3/c1-5-8-21-11-18(23)22(13(3)19(21)24)10-17-12(2)15-9-14(25-4)6-7-16(15)20-17/h6-7,9,13,20H,5,8,10-11H2,1-4H3. The van der Waals surface area contributed by atoms with E-state index in [1.807, 2.05) is 39.0 Å². The molecular formula is C19H25N3O3. The van der Waals surface area contributed by atoms with Gasteiger partial charge in [0.2, 0.25) is 11.8 Å². The maximum absolute atomic E-state index is 12.6. The van der Waals surface area contributed by atoms with E-state index in [2.05, 4.69) is 4.98 Å². The van der Waals surface area contributed by atoms with Gasteiger partial charge in [0.15, 0.2) is 0 Å². The van der Waals surface area contributed by atoms with E-state index >= 15 is 0 Å². The Kier molecular flexibility index (Phi) is 4.70. The smallest absolute Gasteiger partial charge is 0.245 e. The van der Waals surface area contributed by atoms with Crippen molar-refractivity contribution in [1.29, 1.82) is 0 Å². The summed E-state index contributed by atoms with van der Waals surface area (Å²) in [6.07, 6.45) is 0.856. The zero-order valence-electron chi connectivity index (χ0n) is 15.3. The lowest BCUT2D eigenvalue weighted by Gasteiger charge is -2.38. The normalized spacial score (nSPS) is 18.3. The number of fused-ring (bicyclic) bond motifs is 1. The van der Waals surface area contributed by atoms with Crippen molar-refractivity contribution in [2.24, 2.45) is 0 Å². The van der Waals surface area contributed by atoms with E-state index in [0.29, 0.717) is 13.1 Å². The van der Waals surface area contributed by atoms with Gasteiger partial charge >= 0.3 is 0 Å². The highest BCUT2D eigenvalue weighted by Gasteiger charge is 2.36. The maximum Gasteiger partial charge on any atom is 0.245 e. The summed E-state index contributed by atoms with van der Waals surface area (Å²) in [4.78, 5) is 31.8. The van der Waals surface area contributed by atoms with Gasteiger partial charge in [0.25, 0.3) is 0 Å². The Morgan fingerprint density at radius 2 is 2.08 bits per heavy atom. The fourth-order valence-electron chi connectivity index (χ4n) is 3.45. The van der Waals surface area contributed by atoms with E-state index in [4.69, 9.17) is 4.74 Å². The van der Waals surface area contributed by atoms with Crippen molar-refractivity contribution in [3.8, 4) is 5.75 Å². The number of carbonyl (C=O) groups is 2. The van der Waals surface area contributed by atoms with Gasteiger partial charge in [0, 0.05) is 23.1 Å². The molecule has 1 atom stereocenters. The van der Waals surface area contributed by atoms with Crippen LogP contribution in [0.25, 0.3) is 10.9 Å². The predicted molar refractivity (Wildman–Crippen MR) is 96.5 cm³/mol. The first-order chi connectivity index (χ1) is 12.0. The molecule has 25 heavy (non-hydrogen) atoms. The van der Waals surface area contributed by atoms with E-state index in [0.717, 1.165) is 34.3 Å². The second kappa shape index (κ2) is 6.78. The van der Waals surface area contributed by atoms with Gasteiger partial charge in [-0.15, -0.1) is 0 Å². The van der Waals surface area contributed by atoms with Gasteiger partial charge in [-0.2, -0.15) is 0 Å². The SMILES string of the molecule is CCCN1CC(=O)N(Cc2[nH]c3ccc(OC)cc3c2C)C(C)C1=O. The fraction of sp³-hybridized carbons (Fsp3) is 0.474. The second-order valence-electron chi connectivity index (χ2n) is 6.60. The van der Waals surface area contributed by atoms with Crippen LogP contribution in [0.4, 0.5) is 0 Å². The lowest BCUT2D eigenvalue weighted by molar-refractivity contribution is -0.155. The van der Waals surface area contributed by atoms with Crippen molar-refractivity contribution in [2.45, 2.75) is 39.8 Å². The Morgan fingerprint density at radius 3 is 2.76 bits per heavy atom. The molecular weight excluding hydrogens is 318 g/mol. The Bertz CT molecular complexity index is 812. The zero-order valence-corrected chi connectivity index (χ0v) is 15.3. The highest BCUT2D eigenvalue weighted by molar-refractivity contribution is 5.94. The quantitative estimate of drug-likeness (QED) is 0.907. The van der Waals surface area contributed by atoms with Crippen LogP contribution in [0.15, 0.2) is 18.2 Å². The van der Waals surface area contributed by atoms with Crippen LogP contribution in [0.3, 0.4) is 0 Å². The number of aromatic nitrogens is 1. The van der Waals surface area contributed by atoms with E-state index < -0.39 is 6.04 Å². The molecule has 0 spiro atoms. The number of carbonyl (C=O) groups excluding carboxylic acids is 2. The summed E-state index contributed by atoms with van der Waals surface area (Å²) in [6.45, 7) is 7.06. The minimum absolute atomic E-state index is 0.00353. The van der Waals surface area contributed by atoms with Gasteiger partial charge in [0.1, 0.15) is 11.8 Å². The summed E-state index contributed by atoms with van der Waals surface area (Å²) in [7, 11) is 1.64. The highest BCUT2D eigenvalue weighted by atomic mass is 16.5. The van der Waals surface area contributed by atoms with Crippen molar-refractivity contribution in [3.05, 3.63) is 29.5 Å². The van der Waals surface area contributed by atoms with Gasteiger partial charge in [-0.3, -0.25) is 9.59 Å². The number of rotatable bonds is 5. The molecule has 1 aliphatic rings. The number of ether oxygens (including phenoxy) is 1. The van der Waals surface area contributed by atoms with Crippen molar-refractivity contribution in [2.75, 3.05) is 20.2 Å². The van der Waals surface area contributed by atoms with Gasteiger partial charge in [0.05, 0.1) is 20.2 Å². The molecule has 1 aromatic heterocycles. The van der Waals surface area contributed by atoms with Crippen molar-refractivity contribution in [3.63, 3.8) is 0 Å². The van der Waals surface area contributed by atoms with Crippen LogP contribution in [-0.2, 0) is 16.1 Å². The summed E-state index contributed by atoms with van der Waals surface area (Å²) in [5, 5.41) is 1.07. The van der Waals surface area contributed by atoms with Gasteiger partial charge in [-0.1, -0.05) is 6.92 Å². The molecule has 1 unspecified atom stereocenters. The van der Waals surface area contributed by atoms with Crippen LogP contribution in [0.1, 0.15) is 31.5 Å². The van der Waals surface area contributed by atoms with E-state index in [-0.39, 0.29) is 18.4 Å². The molecule has 6 nitrogen and oxygen atoms in total. The van der Waals surface area contributed by atoms with Crippen LogP contribution >= 0.6 is 0 Å². The van der Waals surface area contributed by atoms with Gasteiger partial charge in [-0.05, 0) is 44.0 Å². The first-order valence-corrected chi connectivity index (χ1v) is 8.69. The number of hydrogen-bond acceptors (Lipinski definition) is 3. The van der Waals surface area contributed by atoms with Crippen LogP contribution in [0.5, 0.6) is 5.75 Å². The summed E-state index contributed by atoms with van der Waals surface area (Å²) >= 11 is 0. The fourth-order valence-corrected chi connectivity index (χ4v) is 3.45. The molecule has 1 saturated heterocycles. The molecule has 2 heterocycles. The lowest BCUT2D eigenvalue weighted by atomic mass is 10.1. The van der Waals surface area contributed by atoms with E-state index in [1.54, 1.807) is 16.9 Å². The summed E-state index contributed by atoms with van der Waals surface area (Å²) in [6, 6.07) is 5.43. The summed E-state index contributed by atoms with van der Waals surface area (Å²) < 4.78 is 5.29. The number of hydrogen-bond donors (Lipinski definition) is 1. The average molecular weight is 343 g/mol. The third kappa shape index (κ3) is 3.08. The monoisotopic (exact) mass is 343 g/mol. The molecule has 1 aromatic carbocycles. The molecule has 0 saturated carbocycles. The summed E-state index contributed by atoms with van der Waals surface area (Å²) in [5.41, 5.74) is 3.04. The Balaban J connectivity index is 1.87. The topological polar surface area (TPSA) is 65.6 Å². The molecule has 0 radical (unpaired) electrons. The first kappa shape index (κ1) is 17.3. The first-order valence-electron chi connectivity index (χ1n) is 8.69. The molecule has 1 aliphatic heterocycles. The minimum Gasteiger partial charge on any atom is -0.497 e. The molecule has 2 amide bonds. The maximum atomic E-state index is 12.6. The van der Waals surface area contributed by atoms with Crippen molar-refractivity contribution < 1.29 is 14.3 Å². The van der Waals surface area contributed by atoms with Crippen molar-refractivity contribution in [1.82, 2.24) is 14.8 Å². The van der Waals surface area contributed by atoms with Crippen LogP contribution in [0.2, 0.25) is 0 Å². The van der Waals surface area contributed by atoms with E-state index in [1.165, 1.54) is 0 Å². The molecule has 1 fully saturated rings. The number of aromatic amines is 1. The number of aryl methyl sites for hydroxylation is 1. The number of amides is 2. The molecule has 6 heteroatoms. The Morgan fingerprint density at radius 1 is 1.32 bits per heavy atom. The van der Waals surface area contributed by atoms with Crippen LogP contribution < -0.4 is 4.74 Å². The Hall–Kier alpha value is -2.50. The van der Waals surface area contributed by atoms with Gasteiger partial charge < -0.3 is 19.5 Å². The molecule has 0 bridgehead atoms. The highest BCUT2D eigenvalue weighted by Crippen LogP contribution is 2.27. The third-order valence-electron chi connectivity index (χ3n) is 4.97. The lowest BCUT2D eigenvalue weighted by Crippen LogP contribution is -2.58. The van der Waals surface area contributed by atoms with Crippen LogP contribution in [-0.4, -0.2) is 52.8 Å². The second-order valence-corrected chi connectivity index (χ2v) is 6.60. The van der Waals surface area contributed by atoms with Crippen LogP contribution in [0, 0.1) is 6.92 Å². The number of nitrogens with zero attached hydrogens (tertiary/aromatic N) is 2. The minimum atomic E-state index is -0.437. The number of methoxy groups -OCH3 is 1. The van der Waals surface area contributed by atoms with Crippen molar-refractivity contribution >= 4 is 22.7 Å². The molecule has 1 N–H and O–H groups in total. The third-order valence-corrected chi connectivity index (χ3v) is 4.97. The number of H-pyrrole nitrogens is 1. The molecule has 0 aliphatic carbocycles. The Labute approximate surface area is 147 Å². The largest absolute Gasteiger partial charge is 0.497 e. The van der Waals surface area contributed by atoms with E-state index in [9.17, 15) is 9.59 Å². The average Bonchev–Trinajstić information content (AvgIpc) is 2.92. The van der Waals surface area contributed by atoms with Gasteiger partial charge in [-0.25, -0.2) is 0 Å². The molecule has 134 valence electrons. The number of benzene rings is 1. The number of piperazine rings is 1. The number of nitrogens with one attached hydrogen (secondary N) is 1. The predicted octanol–water partition coefficient (Wildman–Crippen LogP) is 2.45.